The molecule has 3 aromatic carbocycles. The van der Waals surface area contributed by atoms with Crippen LogP contribution in [0.1, 0.15) is 44.8 Å². The Morgan fingerprint density at radius 1 is 1.15 bits per heavy atom. The Morgan fingerprint density at radius 3 is 2.68 bits per heavy atom. The van der Waals surface area contributed by atoms with Crippen LogP contribution in [0.25, 0.3) is 21.9 Å². The van der Waals surface area contributed by atoms with Gasteiger partial charge >= 0.3 is 5.97 Å². The Morgan fingerprint density at radius 2 is 1.94 bits per heavy atom. The van der Waals surface area contributed by atoms with Crippen LogP contribution in [-0.2, 0) is 6.54 Å². The summed E-state index contributed by atoms with van der Waals surface area (Å²) >= 11 is 6.16. The topological polar surface area (TPSA) is 97.4 Å². The Balaban J connectivity index is 1.52. The molecule has 2 N–H and O–H groups in total. The van der Waals surface area contributed by atoms with Gasteiger partial charge in [0, 0.05) is 28.5 Å². The number of carboxylic acid groups (broad SMARTS) is 1. The second-order valence-corrected chi connectivity index (χ2v) is 8.56. The first-order chi connectivity index (χ1) is 16.4. The summed E-state index contributed by atoms with van der Waals surface area (Å²) in [5, 5.41) is 18.2. The van der Waals surface area contributed by atoms with Gasteiger partial charge in [-0.25, -0.2) is 4.79 Å². The molecule has 1 atom stereocenters. The van der Waals surface area contributed by atoms with Gasteiger partial charge in [0.1, 0.15) is 0 Å². The maximum Gasteiger partial charge on any atom is 0.335 e. The van der Waals surface area contributed by atoms with Crippen LogP contribution < -0.4 is 5.32 Å². The number of hydrogen-bond donors (Lipinski definition) is 2. The second-order valence-electron chi connectivity index (χ2n) is 8.13. The Labute approximate surface area is 199 Å². The van der Waals surface area contributed by atoms with Crippen molar-refractivity contribution in [3.63, 3.8) is 0 Å². The fourth-order valence-electron chi connectivity index (χ4n) is 4.14. The van der Waals surface area contributed by atoms with Gasteiger partial charge in [-0.3, -0.25) is 4.79 Å². The summed E-state index contributed by atoms with van der Waals surface area (Å²) in [4.78, 5) is 24.6. The Bertz CT molecular complexity index is 1540. The lowest BCUT2D eigenvalue weighted by Gasteiger charge is -2.16. The molecule has 0 saturated heterocycles. The second kappa shape index (κ2) is 8.68. The van der Waals surface area contributed by atoms with Gasteiger partial charge in [-0.15, -0.1) is 0 Å². The van der Waals surface area contributed by atoms with Gasteiger partial charge in [-0.05, 0) is 54.4 Å². The van der Waals surface area contributed by atoms with Crippen molar-refractivity contribution < 1.29 is 19.2 Å². The summed E-state index contributed by atoms with van der Waals surface area (Å²) in [5.74, 6) is -1.25. The quantitative estimate of drug-likeness (QED) is 0.331. The zero-order chi connectivity index (χ0) is 23.8. The summed E-state index contributed by atoms with van der Waals surface area (Å²) in [7, 11) is 0. The SMILES string of the molecule is C[C@H](NC(=O)c1cc2cnoc2c2ccn(Cc3cccc(Cl)c3)c12)c1ccc(C(=O)O)cc1. The molecule has 0 aliphatic heterocycles. The van der Waals surface area contributed by atoms with Crippen molar-refractivity contribution in [1.82, 2.24) is 15.0 Å². The fraction of sp³-hybridized carbons (Fsp3) is 0.115. The number of nitrogens with zero attached hydrogens (tertiary/aromatic N) is 2. The standard InChI is InChI=1S/C26H20ClN3O4/c1-15(17-5-7-18(8-6-17)26(32)33)29-25(31)22-12-19-13-28-34-24(19)21-9-10-30(23(21)22)14-16-3-2-4-20(27)11-16/h2-13,15H,14H2,1H3,(H,29,31)(H,32,33)/t15-/m0/s1. The molecule has 5 aromatic rings. The van der Waals surface area contributed by atoms with E-state index in [4.69, 9.17) is 21.2 Å². The van der Waals surface area contributed by atoms with Crippen LogP contribution in [-0.4, -0.2) is 26.7 Å². The number of aromatic nitrogens is 2. The van der Waals surface area contributed by atoms with Crippen molar-refractivity contribution in [2.75, 3.05) is 0 Å². The van der Waals surface area contributed by atoms with Crippen LogP contribution in [0.5, 0.6) is 0 Å². The average Bonchev–Trinajstić information content (AvgIpc) is 3.45. The number of fused-ring (bicyclic) bond motifs is 3. The van der Waals surface area contributed by atoms with E-state index in [9.17, 15) is 9.59 Å². The normalized spacial score (nSPS) is 12.2. The van der Waals surface area contributed by atoms with E-state index in [0.717, 1.165) is 27.4 Å². The van der Waals surface area contributed by atoms with Crippen molar-refractivity contribution in [2.45, 2.75) is 19.5 Å². The summed E-state index contributed by atoms with van der Waals surface area (Å²) in [5.41, 5.74) is 3.84. The van der Waals surface area contributed by atoms with Gasteiger partial charge in [-0.1, -0.05) is 41.0 Å². The number of benzene rings is 3. The van der Waals surface area contributed by atoms with E-state index in [1.54, 1.807) is 24.4 Å². The minimum absolute atomic E-state index is 0.195. The third kappa shape index (κ3) is 4.02. The molecule has 5 rings (SSSR count). The highest BCUT2D eigenvalue weighted by Gasteiger charge is 2.21. The molecule has 0 bridgehead atoms. The predicted octanol–water partition coefficient (Wildman–Crippen LogP) is 5.67. The van der Waals surface area contributed by atoms with E-state index in [2.05, 4.69) is 10.5 Å². The van der Waals surface area contributed by atoms with Crippen molar-refractivity contribution >= 4 is 45.3 Å². The molecule has 7 nitrogen and oxygen atoms in total. The number of carbonyl (C=O) groups is 2. The molecule has 0 spiro atoms. The Kier molecular flexibility index (Phi) is 5.55. The number of hydrogen-bond acceptors (Lipinski definition) is 4. The first-order valence-corrected chi connectivity index (χ1v) is 11.0. The number of nitrogens with one attached hydrogen (secondary N) is 1. The first kappa shape index (κ1) is 21.7. The van der Waals surface area contributed by atoms with Crippen molar-refractivity contribution in [3.8, 4) is 0 Å². The third-order valence-electron chi connectivity index (χ3n) is 5.85. The Hall–Kier alpha value is -4.10. The summed E-state index contributed by atoms with van der Waals surface area (Å²) < 4.78 is 7.46. The lowest BCUT2D eigenvalue weighted by atomic mass is 10.0. The zero-order valence-corrected chi connectivity index (χ0v) is 18.9. The van der Waals surface area contributed by atoms with E-state index in [1.807, 2.05) is 48.0 Å². The minimum Gasteiger partial charge on any atom is -0.478 e. The monoisotopic (exact) mass is 473 g/mol. The van der Waals surface area contributed by atoms with Gasteiger partial charge in [-0.2, -0.15) is 0 Å². The number of aromatic carboxylic acids is 1. The van der Waals surface area contributed by atoms with Crippen LogP contribution in [0.3, 0.4) is 0 Å². The van der Waals surface area contributed by atoms with Gasteiger partial charge in [0.2, 0.25) is 0 Å². The molecule has 0 fully saturated rings. The minimum atomic E-state index is -0.992. The van der Waals surface area contributed by atoms with Crippen LogP contribution in [0.15, 0.2) is 77.6 Å². The molecule has 34 heavy (non-hydrogen) atoms. The molecular formula is C26H20ClN3O4. The molecule has 0 aliphatic carbocycles. The predicted molar refractivity (Wildman–Crippen MR) is 129 cm³/mol. The molecule has 2 heterocycles. The van der Waals surface area contributed by atoms with Gasteiger partial charge in [0.25, 0.3) is 5.91 Å². The number of halogens is 1. The van der Waals surface area contributed by atoms with Crippen LogP contribution in [0, 0.1) is 0 Å². The highest BCUT2D eigenvalue weighted by molar-refractivity contribution is 6.30. The molecule has 0 aliphatic rings. The molecule has 0 radical (unpaired) electrons. The number of carboxylic acids is 1. The number of rotatable bonds is 6. The van der Waals surface area contributed by atoms with Gasteiger partial charge in [0.05, 0.1) is 28.9 Å². The van der Waals surface area contributed by atoms with E-state index >= 15 is 0 Å². The number of amides is 1. The molecule has 170 valence electrons. The smallest absolute Gasteiger partial charge is 0.335 e. The van der Waals surface area contributed by atoms with Gasteiger partial charge < -0.3 is 19.5 Å². The molecule has 8 heteroatoms. The average molecular weight is 474 g/mol. The van der Waals surface area contributed by atoms with E-state index in [0.29, 0.717) is 22.7 Å². The van der Waals surface area contributed by atoms with Crippen molar-refractivity contribution in [3.05, 3.63) is 100 Å². The largest absolute Gasteiger partial charge is 0.478 e. The summed E-state index contributed by atoms with van der Waals surface area (Å²) in [6, 6.07) is 17.4. The lowest BCUT2D eigenvalue weighted by molar-refractivity contribution is 0.0696. The highest BCUT2D eigenvalue weighted by atomic mass is 35.5. The molecule has 0 saturated carbocycles. The van der Waals surface area contributed by atoms with Crippen LogP contribution >= 0.6 is 11.6 Å². The molecular weight excluding hydrogens is 454 g/mol. The summed E-state index contributed by atoms with van der Waals surface area (Å²) in [6.07, 6.45) is 3.51. The van der Waals surface area contributed by atoms with Crippen LogP contribution in [0.2, 0.25) is 5.02 Å². The third-order valence-corrected chi connectivity index (χ3v) is 6.09. The van der Waals surface area contributed by atoms with Crippen molar-refractivity contribution in [2.24, 2.45) is 0 Å². The highest BCUT2D eigenvalue weighted by Crippen LogP contribution is 2.31. The molecule has 1 amide bonds. The zero-order valence-electron chi connectivity index (χ0n) is 18.2. The maximum atomic E-state index is 13.4. The maximum absolute atomic E-state index is 13.4. The lowest BCUT2D eigenvalue weighted by Crippen LogP contribution is -2.27. The number of carbonyl (C=O) groups excluding carboxylic acids is 1. The molecule has 0 unspecified atom stereocenters. The van der Waals surface area contributed by atoms with Gasteiger partial charge in [0.15, 0.2) is 5.58 Å². The molecule has 2 aromatic heterocycles. The fourth-order valence-corrected chi connectivity index (χ4v) is 4.36. The van der Waals surface area contributed by atoms with E-state index in [1.165, 1.54) is 12.1 Å². The summed E-state index contributed by atoms with van der Waals surface area (Å²) in [6.45, 7) is 2.38. The van der Waals surface area contributed by atoms with E-state index < -0.39 is 5.97 Å². The van der Waals surface area contributed by atoms with Crippen molar-refractivity contribution in [1.29, 1.82) is 0 Å². The van der Waals surface area contributed by atoms with E-state index in [-0.39, 0.29) is 17.5 Å². The first-order valence-electron chi connectivity index (χ1n) is 10.7. The van der Waals surface area contributed by atoms with Crippen LogP contribution in [0.4, 0.5) is 0 Å².